The van der Waals surface area contributed by atoms with E-state index in [4.69, 9.17) is 0 Å². The highest BCUT2D eigenvalue weighted by Crippen LogP contribution is 2.24. The Bertz CT molecular complexity index is 918. The number of hydrogen-bond acceptors (Lipinski definition) is 3. The van der Waals surface area contributed by atoms with Crippen molar-refractivity contribution < 1.29 is 14.0 Å². The van der Waals surface area contributed by atoms with Crippen LogP contribution in [-0.4, -0.2) is 65.3 Å². The quantitative estimate of drug-likeness (QED) is 0.798. The molecular weight excluding hydrogens is 369 g/mol. The molecule has 2 aromatic rings. The van der Waals surface area contributed by atoms with Crippen LogP contribution < -0.4 is 0 Å². The van der Waals surface area contributed by atoms with Crippen molar-refractivity contribution in [2.24, 2.45) is 0 Å². The third kappa shape index (κ3) is 3.90. The smallest absolute Gasteiger partial charge is 0.247 e. The van der Waals surface area contributed by atoms with Gasteiger partial charge in [0.05, 0.1) is 0 Å². The first kappa shape index (κ1) is 19.6. The van der Waals surface area contributed by atoms with E-state index < -0.39 is 12.1 Å². The normalized spacial score (nSPS) is 22.7. The Morgan fingerprint density at radius 2 is 1.79 bits per heavy atom. The lowest BCUT2D eigenvalue weighted by Gasteiger charge is -2.48. The minimum atomic E-state index is -0.499. The third-order valence-electron chi connectivity index (χ3n) is 6.00. The number of aryl methyl sites for hydroxylation is 1. The van der Waals surface area contributed by atoms with Crippen molar-refractivity contribution in [3.05, 3.63) is 71.0 Å². The molecule has 2 saturated heterocycles. The van der Waals surface area contributed by atoms with Gasteiger partial charge in [0.15, 0.2) is 0 Å². The highest BCUT2D eigenvalue weighted by molar-refractivity contribution is 5.97. The summed E-state index contributed by atoms with van der Waals surface area (Å²) in [5, 5.41) is 0. The standard InChI is InChI=1S/C23H26FN3O2/c1-16-8-9-19(24)18(12-16)14-26-10-11-27-21(15-26)22(28)25(2)20(23(27)29)13-17-6-4-3-5-7-17/h3-9,12,20-21H,10-11,13-15H2,1-2H3/t20-,21+/m0/s1. The molecule has 2 aliphatic heterocycles. The number of rotatable bonds is 4. The topological polar surface area (TPSA) is 43.9 Å². The van der Waals surface area contributed by atoms with Gasteiger partial charge >= 0.3 is 0 Å². The van der Waals surface area contributed by atoms with E-state index in [1.165, 1.54) is 6.07 Å². The Morgan fingerprint density at radius 1 is 1.03 bits per heavy atom. The molecule has 2 aliphatic rings. The maximum absolute atomic E-state index is 14.2. The van der Waals surface area contributed by atoms with Gasteiger partial charge < -0.3 is 9.80 Å². The van der Waals surface area contributed by atoms with Gasteiger partial charge in [-0.05, 0) is 18.6 Å². The molecule has 5 nitrogen and oxygen atoms in total. The molecule has 0 spiro atoms. The Balaban J connectivity index is 1.48. The molecule has 0 unspecified atom stereocenters. The fourth-order valence-corrected chi connectivity index (χ4v) is 4.33. The molecule has 0 aliphatic carbocycles. The first-order valence-electron chi connectivity index (χ1n) is 10.0. The van der Waals surface area contributed by atoms with Crippen LogP contribution in [0.3, 0.4) is 0 Å². The van der Waals surface area contributed by atoms with Crippen LogP contribution in [0, 0.1) is 12.7 Å². The first-order valence-corrected chi connectivity index (χ1v) is 10.0. The number of benzene rings is 2. The van der Waals surface area contributed by atoms with Crippen molar-refractivity contribution in [1.82, 2.24) is 14.7 Å². The molecule has 2 heterocycles. The molecule has 0 radical (unpaired) electrons. The van der Waals surface area contributed by atoms with Crippen molar-refractivity contribution in [1.29, 1.82) is 0 Å². The molecule has 6 heteroatoms. The highest BCUT2D eigenvalue weighted by Gasteiger charge is 2.46. The van der Waals surface area contributed by atoms with E-state index in [0.29, 0.717) is 38.2 Å². The second kappa shape index (κ2) is 7.95. The second-order valence-electron chi connectivity index (χ2n) is 8.03. The first-order chi connectivity index (χ1) is 13.9. The molecule has 0 saturated carbocycles. The molecule has 152 valence electrons. The van der Waals surface area contributed by atoms with Gasteiger partial charge in [-0.2, -0.15) is 0 Å². The van der Waals surface area contributed by atoms with E-state index in [1.54, 1.807) is 22.9 Å². The van der Waals surface area contributed by atoms with Gasteiger partial charge in [0.2, 0.25) is 11.8 Å². The zero-order valence-corrected chi connectivity index (χ0v) is 16.8. The van der Waals surface area contributed by atoms with E-state index in [0.717, 1.165) is 11.1 Å². The van der Waals surface area contributed by atoms with Crippen LogP contribution in [0.1, 0.15) is 16.7 Å². The summed E-state index contributed by atoms with van der Waals surface area (Å²) in [7, 11) is 1.71. The summed E-state index contributed by atoms with van der Waals surface area (Å²) >= 11 is 0. The Hall–Kier alpha value is -2.73. The summed E-state index contributed by atoms with van der Waals surface area (Å²) in [6.45, 7) is 3.93. The van der Waals surface area contributed by atoms with Gasteiger partial charge in [0.1, 0.15) is 17.9 Å². The fourth-order valence-electron chi connectivity index (χ4n) is 4.33. The average Bonchev–Trinajstić information content (AvgIpc) is 2.73. The maximum atomic E-state index is 14.2. The molecule has 2 fully saturated rings. The zero-order chi connectivity index (χ0) is 20.5. The minimum Gasteiger partial charge on any atom is -0.332 e. The summed E-state index contributed by atoms with van der Waals surface area (Å²) in [5.41, 5.74) is 2.67. The van der Waals surface area contributed by atoms with Gasteiger partial charge in [-0.3, -0.25) is 14.5 Å². The summed E-state index contributed by atoms with van der Waals surface area (Å²) in [5.74, 6) is -0.272. The lowest BCUT2D eigenvalue weighted by Crippen LogP contribution is -2.69. The highest BCUT2D eigenvalue weighted by atomic mass is 19.1. The summed E-state index contributed by atoms with van der Waals surface area (Å²) < 4.78 is 14.2. The number of fused-ring (bicyclic) bond motifs is 1. The minimum absolute atomic E-state index is 0.00217. The summed E-state index contributed by atoms with van der Waals surface area (Å²) in [6, 6.07) is 13.9. The second-order valence-corrected chi connectivity index (χ2v) is 8.03. The molecule has 0 aromatic heterocycles. The molecule has 4 rings (SSSR count). The fraction of sp³-hybridized carbons (Fsp3) is 0.391. The average molecular weight is 395 g/mol. The van der Waals surface area contributed by atoms with Crippen molar-refractivity contribution >= 4 is 11.8 Å². The number of hydrogen-bond donors (Lipinski definition) is 0. The Morgan fingerprint density at radius 3 is 2.55 bits per heavy atom. The monoisotopic (exact) mass is 395 g/mol. The van der Waals surface area contributed by atoms with E-state index in [9.17, 15) is 14.0 Å². The lowest BCUT2D eigenvalue weighted by molar-refractivity contribution is -0.164. The molecular formula is C23H26FN3O2. The van der Waals surface area contributed by atoms with Gasteiger partial charge in [0, 0.05) is 45.2 Å². The zero-order valence-electron chi connectivity index (χ0n) is 16.8. The van der Waals surface area contributed by atoms with Crippen molar-refractivity contribution in [2.45, 2.75) is 32.0 Å². The number of amides is 2. The number of piperazine rings is 2. The van der Waals surface area contributed by atoms with Crippen LogP contribution in [-0.2, 0) is 22.6 Å². The number of carbonyl (C=O) groups is 2. The molecule has 0 bridgehead atoms. The van der Waals surface area contributed by atoms with Gasteiger partial charge in [0.25, 0.3) is 0 Å². The maximum Gasteiger partial charge on any atom is 0.247 e. The van der Waals surface area contributed by atoms with Crippen molar-refractivity contribution in [3.63, 3.8) is 0 Å². The van der Waals surface area contributed by atoms with Crippen LogP contribution in [0.4, 0.5) is 4.39 Å². The Labute approximate surface area is 170 Å². The van der Waals surface area contributed by atoms with Gasteiger partial charge in [-0.1, -0.05) is 48.0 Å². The summed E-state index contributed by atoms with van der Waals surface area (Å²) in [6.07, 6.45) is 0.517. The van der Waals surface area contributed by atoms with E-state index in [1.807, 2.05) is 43.3 Å². The predicted octanol–water partition coefficient (Wildman–Crippen LogP) is 2.23. The van der Waals surface area contributed by atoms with Crippen molar-refractivity contribution in [3.8, 4) is 0 Å². The van der Waals surface area contributed by atoms with Crippen LogP contribution >= 0.6 is 0 Å². The number of likely N-dealkylation sites (N-methyl/N-ethyl adjacent to an activating group) is 1. The molecule has 2 amide bonds. The van der Waals surface area contributed by atoms with E-state index in [-0.39, 0.29) is 17.6 Å². The molecule has 0 N–H and O–H groups in total. The van der Waals surface area contributed by atoms with E-state index in [2.05, 4.69) is 4.90 Å². The SMILES string of the molecule is Cc1ccc(F)c(CN2CCN3C(=O)[C@H](Cc4ccccc4)N(C)C(=O)[C@H]3C2)c1. The molecule has 2 atom stereocenters. The number of nitrogens with zero attached hydrogens (tertiary/aromatic N) is 3. The van der Waals surface area contributed by atoms with Gasteiger partial charge in [-0.15, -0.1) is 0 Å². The van der Waals surface area contributed by atoms with Crippen LogP contribution in [0.15, 0.2) is 48.5 Å². The van der Waals surface area contributed by atoms with Crippen molar-refractivity contribution in [2.75, 3.05) is 26.7 Å². The van der Waals surface area contributed by atoms with Crippen LogP contribution in [0.5, 0.6) is 0 Å². The third-order valence-corrected chi connectivity index (χ3v) is 6.00. The number of halogens is 1. The van der Waals surface area contributed by atoms with Crippen LogP contribution in [0.2, 0.25) is 0 Å². The van der Waals surface area contributed by atoms with E-state index >= 15 is 0 Å². The summed E-state index contributed by atoms with van der Waals surface area (Å²) in [4.78, 5) is 31.6. The molecule has 29 heavy (non-hydrogen) atoms. The predicted molar refractivity (Wildman–Crippen MR) is 109 cm³/mol. The van der Waals surface area contributed by atoms with Crippen LogP contribution in [0.25, 0.3) is 0 Å². The number of carbonyl (C=O) groups excluding carboxylic acids is 2. The lowest BCUT2D eigenvalue weighted by atomic mass is 9.97. The Kier molecular flexibility index (Phi) is 5.37. The largest absolute Gasteiger partial charge is 0.332 e. The molecule has 2 aromatic carbocycles. The van der Waals surface area contributed by atoms with Gasteiger partial charge in [-0.25, -0.2) is 4.39 Å².